The lowest BCUT2D eigenvalue weighted by atomic mass is 10.0. The Kier molecular flexibility index (Phi) is 10.2. The van der Waals surface area contributed by atoms with E-state index in [0.29, 0.717) is 27.4 Å². The summed E-state index contributed by atoms with van der Waals surface area (Å²) in [5, 5.41) is 3.58. The molecule has 1 heterocycles. The van der Waals surface area contributed by atoms with Gasteiger partial charge in [0.05, 0.1) is 17.4 Å². The average molecular weight is 626 g/mol. The zero-order chi connectivity index (χ0) is 31.3. The van der Waals surface area contributed by atoms with E-state index in [4.69, 9.17) is 22.2 Å². The molecule has 0 fully saturated rings. The minimum absolute atomic E-state index is 0.00958. The highest BCUT2D eigenvalue weighted by Crippen LogP contribution is 2.32. The molecule has 43 heavy (non-hydrogen) atoms. The van der Waals surface area contributed by atoms with Gasteiger partial charge < -0.3 is 20.8 Å². The number of nitrogens with one attached hydrogen (secondary N) is 1. The topological polar surface area (TPSA) is 134 Å². The monoisotopic (exact) mass is 625 g/mol. The maximum absolute atomic E-state index is 14.1. The van der Waals surface area contributed by atoms with Gasteiger partial charge in [0.15, 0.2) is 0 Å². The third kappa shape index (κ3) is 7.39. The number of nitrogens with zero attached hydrogens (tertiary/aromatic N) is 3. The van der Waals surface area contributed by atoms with Crippen molar-refractivity contribution in [2.24, 2.45) is 10.7 Å². The number of hydroxylamine groups is 1. The summed E-state index contributed by atoms with van der Waals surface area (Å²) in [6.07, 6.45) is -1.57. The maximum Gasteiger partial charge on any atom is 0.355 e. The number of aliphatic imine (C=N–C) groups is 1. The molecule has 3 aromatic rings. The van der Waals surface area contributed by atoms with Crippen molar-refractivity contribution in [2.75, 3.05) is 17.9 Å². The summed E-state index contributed by atoms with van der Waals surface area (Å²) in [4.78, 5) is 64.2. The Bertz CT molecular complexity index is 1560. The number of thiol groups is 1. The number of likely N-dealkylation sites (N-methyl/N-ethyl adjacent to an activating group) is 1. The van der Waals surface area contributed by atoms with E-state index >= 15 is 0 Å². The molecule has 3 aromatic carbocycles. The summed E-state index contributed by atoms with van der Waals surface area (Å²) in [5.41, 5.74) is 7.84. The van der Waals surface area contributed by atoms with Gasteiger partial charge in [-0.2, -0.15) is 12.6 Å². The molecule has 1 aliphatic heterocycles. The fourth-order valence-electron chi connectivity index (χ4n) is 4.43. The third-order valence-corrected chi connectivity index (χ3v) is 7.21. The number of benzodiazepines with no additional fused rings is 1. The first-order valence-electron chi connectivity index (χ1n) is 13.1. The molecule has 0 aliphatic carbocycles. The molecule has 4 rings (SSSR count). The van der Waals surface area contributed by atoms with Gasteiger partial charge in [0.2, 0.25) is 18.0 Å². The number of nitrogens with two attached hydrogens (primary N) is 1. The zero-order valence-corrected chi connectivity index (χ0v) is 24.9. The molecule has 0 saturated carbocycles. The standard InChI is InChI=1S/C30H29ClFN5O5S/c1-17(38)34-24(14-18-8-11-21(32)12-9-18)30(41)42-37-25-13-10-20(31)15-22(25)26(19-6-4-3-5-7-19)35-27(29(37)40)36(2)28(39)23(33)16-43/h3-13,15,23-24,27,43H,14,16,33H2,1-2H3,(H,34,38)/t23?,24-,27?/m0/s1. The van der Waals surface area contributed by atoms with Crippen LogP contribution in [0.4, 0.5) is 10.1 Å². The Labute approximate surface area is 258 Å². The number of halogens is 2. The number of benzene rings is 3. The molecule has 0 aromatic heterocycles. The second-order valence-electron chi connectivity index (χ2n) is 9.74. The lowest BCUT2D eigenvalue weighted by Crippen LogP contribution is -2.54. The van der Waals surface area contributed by atoms with Crippen LogP contribution in [0, 0.1) is 5.82 Å². The van der Waals surface area contributed by atoms with E-state index in [9.17, 15) is 23.6 Å². The fourth-order valence-corrected chi connectivity index (χ4v) is 4.76. The van der Waals surface area contributed by atoms with E-state index in [2.05, 4.69) is 22.9 Å². The van der Waals surface area contributed by atoms with Crippen LogP contribution in [0.25, 0.3) is 0 Å². The Hall–Kier alpha value is -4.26. The smallest absolute Gasteiger partial charge is 0.343 e. The lowest BCUT2D eigenvalue weighted by Gasteiger charge is -2.30. The number of fused-ring (bicyclic) bond motifs is 1. The molecule has 3 amide bonds. The van der Waals surface area contributed by atoms with Gasteiger partial charge in [-0.05, 0) is 35.9 Å². The summed E-state index contributed by atoms with van der Waals surface area (Å²) in [6, 6.07) is 16.5. The van der Waals surface area contributed by atoms with Gasteiger partial charge in [-0.3, -0.25) is 14.4 Å². The first kappa shape index (κ1) is 31.7. The van der Waals surface area contributed by atoms with Gasteiger partial charge in [0, 0.05) is 42.3 Å². The Morgan fingerprint density at radius 3 is 2.44 bits per heavy atom. The van der Waals surface area contributed by atoms with Gasteiger partial charge >= 0.3 is 11.9 Å². The number of hydrogen-bond donors (Lipinski definition) is 3. The van der Waals surface area contributed by atoms with E-state index in [1.54, 1.807) is 36.4 Å². The predicted octanol–water partition coefficient (Wildman–Crippen LogP) is 2.91. The maximum atomic E-state index is 14.1. The van der Waals surface area contributed by atoms with Crippen molar-refractivity contribution >= 4 is 59.3 Å². The number of carbonyl (C=O) groups is 4. The van der Waals surface area contributed by atoms with Crippen LogP contribution in [0.3, 0.4) is 0 Å². The third-order valence-electron chi connectivity index (χ3n) is 6.58. The van der Waals surface area contributed by atoms with Crippen molar-refractivity contribution in [3.63, 3.8) is 0 Å². The molecule has 0 spiro atoms. The zero-order valence-electron chi connectivity index (χ0n) is 23.2. The fraction of sp³-hybridized carbons (Fsp3) is 0.233. The average Bonchev–Trinajstić information content (AvgIpc) is 3.11. The van der Waals surface area contributed by atoms with E-state index in [1.807, 2.05) is 0 Å². The van der Waals surface area contributed by atoms with Crippen LogP contribution in [-0.2, 0) is 30.4 Å². The minimum Gasteiger partial charge on any atom is -0.343 e. The van der Waals surface area contributed by atoms with Crippen molar-refractivity contribution in [3.8, 4) is 0 Å². The molecule has 3 N–H and O–H groups in total. The molecule has 224 valence electrons. The van der Waals surface area contributed by atoms with E-state index in [-0.39, 0.29) is 17.9 Å². The quantitative estimate of drug-likeness (QED) is 0.313. The van der Waals surface area contributed by atoms with Crippen LogP contribution >= 0.6 is 24.2 Å². The van der Waals surface area contributed by atoms with Crippen LogP contribution in [0.5, 0.6) is 0 Å². The van der Waals surface area contributed by atoms with Crippen LogP contribution < -0.4 is 16.1 Å². The SMILES string of the molecule is CC(=O)N[C@@H](Cc1ccc(F)cc1)C(=O)ON1C(=O)C(N(C)C(=O)C(N)CS)N=C(c2ccccc2)c2cc(Cl)ccc21. The van der Waals surface area contributed by atoms with Crippen molar-refractivity contribution in [1.82, 2.24) is 10.2 Å². The van der Waals surface area contributed by atoms with Crippen molar-refractivity contribution in [2.45, 2.75) is 31.6 Å². The predicted molar refractivity (Wildman–Crippen MR) is 163 cm³/mol. The van der Waals surface area contributed by atoms with Crippen molar-refractivity contribution in [3.05, 3.63) is 100 Å². The highest BCUT2D eigenvalue weighted by molar-refractivity contribution is 7.80. The van der Waals surface area contributed by atoms with Crippen molar-refractivity contribution in [1.29, 1.82) is 0 Å². The first-order valence-corrected chi connectivity index (χ1v) is 14.1. The number of amides is 3. The normalized spacial score (nSPS) is 15.9. The van der Waals surface area contributed by atoms with Gasteiger partial charge in [0.25, 0.3) is 0 Å². The van der Waals surface area contributed by atoms with Crippen LogP contribution in [0.2, 0.25) is 5.02 Å². The van der Waals surface area contributed by atoms with Crippen LogP contribution in [-0.4, -0.2) is 65.4 Å². The molecular formula is C30H29ClFN5O5S. The number of hydrogen-bond acceptors (Lipinski definition) is 8. The van der Waals surface area contributed by atoms with Gasteiger partial charge in [-0.25, -0.2) is 14.2 Å². The summed E-state index contributed by atoms with van der Waals surface area (Å²) >= 11 is 10.5. The molecule has 3 atom stereocenters. The second-order valence-corrected chi connectivity index (χ2v) is 10.5. The Morgan fingerprint density at radius 2 is 1.81 bits per heavy atom. The molecule has 0 saturated heterocycles. The minimum atomic E-state index is -1.51. The van der Waals surface area contributed by atoms with E-state index in [0.717, 1.165) is 9.96 Å². The Morgan fingerprint density at radius 1 is 1.14 bits per heavy atom. The Balaban J connectivity index is 1.81. The van der Waals surface area contributed by atoms with Gasteiger partial charge in [-0.1, -0.05) is 54.1 Å². The molecule has 1 aliphatic rings. The molecular weight excluding hydrogens is 597 g/mol. The first-order chi connectivity index (χ1) is 20.5. The molecule has 0 radical (unpaired) electrons. The molecule has 2 unspecified atom stereocenters. The number of carbonyl (C=O) groups excluding carboxylic acids is 4. The largest absolute Gasteiger partial charge is 0.355 e. The van der Waals surface area contributed by atoms with Gasteiger partial charge in [0.1, 0.15) is 11.9 Å². The molecule has 13 heteroatoms. The summed E-state index contributed by atoms with van der Waals surface area (Å²) in [6.45, 7) is 1.22. The summed E-state index contributed by atoms with van der Waals surface area (Å²) < 4.78 is 13.5. The summed E-state index contributed by atoms with van der Waals surface area (Å²) in [5.74, 6) is -3.48. The lowest BCUT2D eigenvalue weighted by molar-refractivity contribution is -0.155. The van der Waals surface area contributed by atoms with Crippen molar-refractivity contribution < 1.29 is 28.4 Å². The van der Waals surface area contributed by atoms with Crippen LogP contribution in [0.1, 0.15) is 23.6 Å². The van der Waals surface area contributed by atoms with Gasteiger partial charge in [-0.15, -0.1) is 5.06 Å². The number of anilines is 1. The second kappa shape index (κ2) is 13.8. The van der Waals surface area contributed by atoms with Crippen LogP contribution in [0.15, 0.2) is 77.8 Å². The number of rotatable bonds is 9. The molecule has 0 bridgehead atoms. The molecule has 10 nitrogen and oxygen atoms in total. The van der Waals surface area contributed by atoms with E-state index in [1.165, 1.54) is 50.4 Å². The highest BCUT2D eigenvalue weighted by atomic mass is 35.5. The van der Waals surface area contributed by atoms with E-state index < -0.39 is 47.8 Å². The highest BCUT2D eigenvalue weighted by Gasteiger charge is 2.40. The summed E-state index contributed by atoms with van der Waals surface area (Å²) in [7, 11) is 1.36.